The van der Waals surface area contributed by atoms with E-state index < -0.39 is 12.0 Å². The highest BCUT2D eigenvalue weighted by Crippen LogP contribution is 2.29. The minimum atomic E-state index is -0.949. The molecule has 0 aliphatic carbocycles. The van der Waals surface area contributed by atoms with Gasteiger partial charge in [-0.15, -0.1) is 0 Å². The van der Waals surface area contributed by atoms with Crippen molar-refractivity contribution in [1.29, 1.82) is 0 Å². The van der Waals surface area contributed by atoms with Crippen LogP contribution in [0.3, 0.4) is 0 Å². The topological polar surface area (TPSA) is 71.0 Å². The summed E-state index contributed by atoms with van der Waals surface area (Å²) in [4.78, 5) is 13.5. The van der Waals surface area contributed by atoms with Crippen LogP contribution in [0.15, 0.2) is 18.2 Å². The molecule has 2 N–H and O–H groups in total. The summed E-state index contributed by atoms with van der Waals surface area (Å²) in [5.41, 5.74) is 0.554. The molecule has 20 heavy (non-hydrogen) atoms. The number of hydrogen-bond acceptors (Lipinski definition) is 5. The highest BCUT2D eigenvalue weighted by Gasteiger charge is 2.23. The molecule has 0 heterocycles. The highest BCUT2D eigenvalue weighted by molar-refractivity contribution is 5.77. The molecule has 1 aromatic rings. The van der Waals surface area contributed by atoms with Gasteiger partial charge in [-0.2, -0.15) is 0 Å². The summed E-state index contributed by atoms with van der Waals surface area (Å²) in [6, 6.07) is 4.29. The third kappa shape index (κ3) is 4.40. The number of likely N-dealkylation sites (N-methyl/N-ethyl adjacent to an activating group) is 1. The highest BCUT2D eigenvalue weighted by atomic mass is 16.5. The van der Waals surface area contributed by atoms with Crippen LogP contribution in [0.5, 0.6) is 11.5 Å². The van der Waals surface area contributed by atoms with Gasteiger partial charge in [0.15, 0.2) is 0 Å². The van der Waals surface area contributed by atoms with Crippen LogP contribution >= 0.6 is 0 Å². The molecule has 1 rings (SSSR count). The van der Waals surface area contributed by atoms with Crippen molar-refractivity contribution in [3.63, 3.8) is 0 Å². The maximum atomic E-state index is 11.5. The normalized spacial score (nSPS) is 12.2. The van der Waals surface area contributed by atoms with Crippen LogP contribution in [-0.2, 0) is 4.79 Å². The third-order valence-electron chi connectivity index (χ3n) is 2.90. The smallest absolute Gasteiger partial charge is 0.325 e. The predicted octanol–water partition coefficient (Wildman–Crippen LogP) is 0.981. The molecule has 0 bridgehead atoms. The molecule has 1 atom stereocenters. The van der Waals surface area contributed by atoms with E-state index in [0.717, 1.165) is 6.54 Å². The van der Waals surface area contributed by atoms with Crippen molar-refractivity contribution in [2.75, 3.05) is 41.4 Å². The summed E-state index contributed by atoms with van der Waals surface area (Å²) in [7, 11) is 6.93. The Balaban J connectivity index is 2.97. The minimum Gasteiger partial charge on any atom is -0.497 e. The van der Waals surface area contributed by atoms with Crippen LogP contribution in [0.4, 0.5) is 0 Å². The van der Waals surface area contributed by atoms with Gasteiger partial charge < -0.3 is 19.5 Å². The second kappa shape index (κ2) is 7.72. The largest absolute Gasteiger partial charge is 0.497 e. The van der Waals surface area contributed by atoms with E-state index in [1.165, 1.54) is 7.11 Å². The Morgan fingerprint density at radius 2 is 2.05 bits per heavy atom. The summed E-state index contributed by atoms with van der Waals surface area (Å²) in [5, 5.41) is 12.4. The summed E-state index contributed by atoms with van der Waals surface area (Å²) in [6.07, 6.45) is 0. The second-order valence-electron chi connectivity index (χ2n) is 4.64. The number of aliphatic carboxylic acids is 1. The predicted molar refractivity (Wildman–Crippen MR) is 76.5 cm³/mol. The lowest BCUT2D eigenvalue weighted by molar-refractivity contribution is -0.139. The van der Waals surface area contributed by atoms with Crippen molar-refractivity contribution < 1.29 is 19.4 Å². The van der Waals surface area contributed by atoms with Gasteiger partial charge in [0.25, 0.3) is 0 Å². The van der Waals surface area contributed by atoms with Crippen molar-refractivity contribution in [3.05, 3.63) is 23.8 Å². The van der Waals surface area contributed by atoms with Gasteiger partial charge in [0, 0.05) is 18.7 Å². The number of ether oxygens (including phenoxy) is 2. The van der Waals surface area contributed by atoms with Crippen molar-refractivity contribution >= 4 is 5.97 Å². The van der Waals surface area contributed by atoms with Gasteiger partial charge in [-0.25, -0.2) is 0 Å². The van der Waals surface area contributed by atoms with Crippen molar-refractivity contribution in [3.8, 4) is 11.5 Å². The Morgan fingerprint density at radius 1 is 1.35 bits per heavy atom. The molecule has 1 unspecified atom stereocenters. The first-order valence-corrected chi connectivity index (χ1v) is 6.32. The van der Waals surface area contributed by atoms with E-state index in [0.29, 0.717) is 23.6 Å². The number of carbonyl (C=O) groups is 1. The number of nitrogens with one attached hydrogen (secondary N) is 1. The number of carboxylic acids is 1. The number of methoxy groups -OCH3 is 2. The van der Waals surface area contributed by atoms with E-state index in [-0.39, 0.29) is 0 Å². The van der Waals surface area contributed by atoms with Crippen LogP contribution in [0.2, 0.25) is 0 Å². The molecule has 0 spiro atoms. The number of carboxylic acid groups (broad SMARTS) is 1. The van der Waals surface area contributed by atoms with E-state index in [2.05, 4.69) is 5.32 Å². The summed E-state index contributed by atoms with van der Waals surface area (Å²) < 4.78 is 10.4. The Kier molecular flexibility index (Phi) is 6.27. The zero-order chi connectivity index (χ0) is 15.1. The second-order valence-corrected chi connectivity index (χ2v) is 4.64. The fourth-order valence-electron chi connectivity index (χ4n) is 1.83. The molecule has 0 radical (unpaired) electrons. The van der Waals surface area contributed by atoms with E-state index in [1.807, 2.05) is 19.0 Å². The van der Waals surface area contributed by atoms with Gasteiger partial charge in [-0.3, -0.25) is 10.1 Å². The van der Waals surface area contributed by atoms with Crippen LogP contribution in [-0.4, -0.2) is 57.4 Å². The van der Waals surface area contributed by atoms with Gasteiger partial charge >= 0.3 is 5.97 Å². The van der Waals surface area contributed by atoms with Gasteiger partial charge in [-0.1, -0.05) is 0 Å². The first-order valence-electron chi connectivity index (χ1n) is 6.32. The average Bonchev–Trinajstić information content (AvgIpc) is 2.42. The molecule has 0 aliphatic heterocycles. The molecule has 0 saturated carbocycles. The summed E-state index contributed by atoms with van der Waals surface area (Å²) in [6.45, 7) is 1.31. The minimum absolute atomic E-state index is 0.524. The molecule has 0 aromatic heterocycles. The Hall–Kier alpha value is -1.79. The van der Waals surface area contributed by atoms with Gasteiger partial charge in [-0.05, 0) is 32.3 Å². The van der Waals surface area contributed by atoms with E-state index >= 15 is 0 Å². The monoisotopic (exact) mass is 282 g/mol. The maximum absolute atomic E-state index is 11.5. The van der Waals surface area contributed by atoms with E-state index in [9.17, 15) is 9.90 Å². The molecule has 112 valence electrons. The van der Waals surface area contributed by atoms with Crippen LogP contribution in [0.25, 0.3) is 0 Å². The fraction of sp³-hybridized carbons (Fsp3) is 0.500. The first kappa shape index (κ1) is 16.3. The lowest BCUT2D eigenvalue weighted by Crippen LogP contribution is -2.34. The van der Waals surface area contributed by atoms with E-state index in [4.69, 9.17) is 9.47 Å². The number of rotatable bonds is 8. The molecular weight excluding hydrogens is 260 g/mol. The molecule has 0 saturated heterocycles. The van der Waals surface area contributed by atoms with Crippen LogP contribution in [0, 0.1) is 0 Å². The van der Waals surface area contributed by atoms with Crippen molar-refractivity contribution in [2.24, 2.45) is 0 Å². The molecule has 0 aliphatic rings. The van der Waals surface area contributed by atoms with Crippen molar-refractivity contribution in [1.82, 2.24) is 10.2 Å². The lowest BCUT2D eigenvalue weighted by atomic mass is 10.1. The molecule has 0 fully saturated rings. The van der Waals surface area contributed by atoms with E-state index in [1.54, 1.807) is 25.3 Å². The van der Waals surface area contributed by atoms with Gasteiger partial charge in [0.05, 0.1) is 14.2 Å². The Morgan fingerprint density at radius 3 is 2.55 bits per heavy atom. The maximum Gasteiger partial charge on any atom is 0.325 e. The zero-order valence-electron chi connectivity index (χ0n) is 12.3. The Labute approximate surface area is 119 Å². The zero-order valence-corrected chi connectivity index (χ0v) is 12.3. The standard InChI is InChI=1S/C14H22N2O4/c1-16(2)8-7-15-13(14(17)18)11-9-10(19-3)5-6-12(11)20-4/h5-6,9,13,15H,7-8H2,1-4H3,(H,17,18). The van der Waals surface area contributed by atoms with Gasteiger partial charge in [0.1, 0.15) is 17.5 Å². The number of hydrogen-bond donors (Lipinski definition) is 2. The third-order valence-corrected chi connectivity index (χ3v) is 2.90. The molecule has 0 amide bonds. The number of nitrogens with zero attached hydrogens (tertiary/aromatic N) is 1. The number of benzene rings is 1. The lowest BCUT2D eigenvalue weighted by Gasteiger charge is -2.19. The molecular formula is C14H22N2O4. The Bertz CT molecular complexity index is 449. The average molecular weight is 282 g/mol. The van der Waals surface area contributed by atoms with Crippen LogP contribution < -0.4 is 14.8 Å². The molecule has 6 nitrogen and oxygen atoms in total. The van der Waals surface area contributed by atoms with Crippen LogP contribution in [0.1, 0.15) is 11.6 Å². The summed E-state index contributed by atoms with van der Waals surface area (Å²) in [5.74, 6) is 0.173. The fourth-order valence-corrected chi connectivity index (χ4v) is 1.83. The van der Waals surface area contributed by atoms with Gasteiger partial charge in [0.2, 0.25) is 0 Å². The SMILES string of the molecule is COc1ccc(OC)c(C(NCCN(C)C)C(=O)O)c1. The van der Waals surface area contributed by atoms with Crippen molar-refractivity contribution in [2.45, 2.75) is 6.04 Å². The molecule has 1 aromatic carbocycles. The summed E-state index contributed by atoms with van der Waals surface area (Å²) >= 11 is 0. The quantitative estimate of drug-likeness (QED) is 0.740. The molecule has 6 heteroatoms. The first-order chi connectivity index (χ1) is 9.49.